The van der Waals surface area contributed by atoms with Crippen molar-refractivity contribution < 1.29 is 33.4 Å². The summed E-state index contributed by atoms with van der Waals surface area (Å²) in [6.45, 7) is 15.8. The minimum absolute atomic E-state index is 0.0555. The van der Waals surface area contributed by atoms with Gasteiger partial charge in [0.15, 0.2) is 0 Å². The van der Waals surface area contributed by atoms with Gasteiger partial charge in [-0.25, -0.2) is 14.4 Å². The maximum absolute atomic E-state index is 12.7. The fraction of sp³-hybridized carbons (Fsp3) is 0.792. The Morgan fingerprint density at radius 1 is 0.794 bits per heavy atom. The number of rotatable bonds is 10. The first-order valence-corrected chi connectivity index (χ1v) is 11.6. The normalized spacial score (nSPS) is 13.6. The van der Waals surface area contributed by atoms with Gasteiger partial charge in [-0.1, -0.05) is 0 Å². The molecule has 0 fully saturated rings. The van der Waals surface area contributed by atoms with Crippen LogP contribution >= 0.6 is 0 Å². The van der Waals surface area contributed by atoms with Crippen molar-refractivity contribution in [3.8, 4) is 0 Å². The van der Waals surface area contributed by atoms with Gasteiger partial charge in [0.2, 0.25) is 0 Å². The molecular weight excluding hydrogens is 442 g/mol. The molecule has 0 saturated carbocycles. The Bertz CT molecular complexity index is 741. The lowest BCUT2D eigenvalue weighted by molar-refractivity contribution is -0.158. The molecule has 0 aliphatic heterocycles. The van der Waals surface area contributed by atoms with E-state index in [9.17, 15) is 19.2 Å². The van der Waals surface area contributed by atoms with E-state index < -0.39 is 46.8 Å². The molecule has 0 rings (SSSR count). The van der Waals surface area contributed by atoms with Crippen molar-refractivity contribution in [3.05, 3.63) is 0 Å². The van der Waals surface area contributed by atoms with E-state index in [1.807, 2.05) is 0 Å². The molecule has 196 valence electrons. The molecule has 0 aliphatic rings. The first-order valence-electron chi connectivity index (χ1n) is 11.6. The number of esters is 3. The van der Waals surface area contributed by atoms with Gasteiger partial charge in [-0.3, -0.25) is 4.79 Å². The summed E-state index contributed by atoms with van der Waals surface area (Å²) >= 11 is 0. The number of hydrogen-bond acceptors (Lipinski definition) is 8. The van der Waals surface area contributed by atoms with E-state index >= 15 is 0 Å². The highest BCUT2D eigenvalue weighted by Crippen LogP contribution is 2.14. The van der Waals surface area contributed by atoms with Crippen LogP contribution < -0.4 is 11.1 Å². The van der Waals surface area contributed by atoms with Crippen molar-refractivity contribution in [2.24, 2.45) is 10.7 Å². The number of aliphatic imine (C=N–C) groups is 1. The Balaban J connectivity index is 5.59. The van der Waals surface area contributed by atoms with Crippen LogP contribution in [0.15, 0.2) is 4.99 Å². The van der Waals surface area contributed by atoms with Gasteiger partial charge in [0, 0.05) is 6.42 Å². The summed E-state index contributed by atoms with van der Waals surface area (Å²) in [5, 5.41) is 2.45. The molecule has 0 aromatic rings. The number of unbranched alkanes of at least 4 members (excludes halogenated alkanes) is 1. The molecule has 0 heterocycles. The van der Waals surface area contributed by atoms with Gasteiger partial charge in [0.1, 0.15) is 28.6 Å². The predicted molar refractivity (Wildman–Crippen MR) is 129 cm³/mol. The third-order valence-electron chi connectivity index (χ3n) is 3.78. The van der Waals surface area contributed by atoms with Crippen LogP contribution in [-0.2, 0) is 28.6 Å². The largest absolute Gasteiger partial charge is 0.460 e. The molecule has 0 spiro atoms. The lowest BCUT2D eigenvalue weighted by Gasteiger charge is -2.25. The summed E-state index contributed by atoms with van der Waals surface area (Å²) in [5.41, 5.74) is 3.18. The van der Waals surface area contributed by atoms with E-state index in [1.165, 1.54) is 0 Å². The van der Waals surface area contributed by atoms with Crippen molar-refractivity contribution in [3.63, 3.8) is 0 Å². The van der Waals surface area contributed by atoms with Crippen LogP contribution in [0.3, 0.4) is 0 Å². The quantitative estimate of drug-likeness (QED) is 0.207. The molecule has 0 saturated heterocycles. The SMILES string of the molecule is CC(C)(C)OC(=O)CCC(NC(=O)N=C(CCCCN)C(=O)OC(C)(C)C)C(=O)OC(C)(C)C. The topological polar surface area (TPSA) is 146 Å². The maximum atomic E-state index is 12.7. The number of ether oxygens (including phenoxy) is 3. The zero-order valence-corrected chi connectivity index (χ0v) is 22.2. The maximum Gasteiger partial charge on any atom is 0.353 e. The summed E-state index contributed by atoms with van der Waals surface area (Å²) in [6, 6.07) is -2.07. The molecule has 34 heavy (non-hydrogen) atoms. The van der Waals surface area contributed by atoms with Gasteiger partial charge in [0.05, 0.1) is 0 Å². The molecule has 0 aromatic carbocycles. The van der Waals surface area contributed by atoms with Gasteiger partial charge in [-0.2, -0.15) is 4.99 Å². The second-order valence-electron chi connectivity index (χ2n) is 11.0. The van der Waals surface area contributed by atoms with E-state index in [0.29, 0.717) is 19.4 Å². The molecule has 1 atom stereocenters. The first-order chi connectivity index (χ1) is 15.3. The molecular formula is C24H43N3O7. The molecule has 3 N–H and O–H groups in total. The van der Waals surface area contributed by atoms with Gasteiger partial charge < -0.3 is 25.3 Å². The Morgan fingerprint density at radius 2 is 1.32 bits per heavy atom. The Morgan fingerprint density at radius 3 is 1.79 bits per heavy atom. The Kier molecular flexibility index (Phi) is 12.4. The summed E-state index contributed by atoms with van der Waals surface area (Å²) < 4.78 is 16.0. The van der Waals surface area contributed by atoms with E-state index in [4.69, 9.17) is 19.9 Å². The number of carbonyl (C=O) groups excluding carboxylic acids is 4. The highest BCUT2D eigenvalue weighted by molar-refractivity contribution is 6.38. The second-order valence-corrected chi connectivity index (χ2v) is 11.0. The van der Waals surface area contributed by atoms with Gasteiger partial charge in [-0.15, -0.1) is 0 Å². The van der Waals surface area contributed by atoms with Crippen LogP contribution in [0.25, 0.3) is 0 Å². The van der Waals surface area contributed by atoms with Crippen molar-refractivity contribution in [2.45, 2.75) is 117 Å². The number of nitrogens with one attached hydrogen (secondary N) is 1. The first kappa shape index (κ1) is 31.5. The zero-order valence-electron chi connectivity index (χ0n) is 22.2. The lowest BCUT2D eigenvalue weighted by atomic mass is 10.1. The molecule has 0 aromatic heterocycles. The monoisotopic (exact) mass is 485 g/mol. The predicted octanol–water partition coefficient (Wildman–Crippen LogP) is 3.44. The minimum atomic E-state index is -1.16. The minimum Gasteiger partial charge on any atom is -0.460 e. The molecule has 0 aliphatic carbocycles. The smallest absolute Gasteiger partial charge is 0.353 e. The van der Waals surface area contributed by atoms with Crippen molar-refractivity contribution >= 4 is 29.7 Å². The van der Waals surface area contributed by atoms with Crippen LogP contribution in [0.4, 0.5) is 4.79 Å². The van der Waals surface area contributed by atoms with Crippen LogP contribution in [0.1, 0.15) is 94.4 Å². The molecule has 0 radical (unpaired) electrons. The van der Waals surface area contributed by atoms with Crippen LogP contribution in [-0.4, -0.2) is 59.0 Å². The highest BCUT2D eigenvalue weighted by atomic mass is 16.6. The second kappa shape index (κ2) is 13.4. The lowest BCUT2D eigenvalue weighted by Crippen LogP contribution is -2.44. The van der Waals surface area contributed by atoms with Crippen LogP contribution in [0.2, 0.25) is 0 Å². The van der Waals surface area contributed by atoms with Crippen molar-refractivity contribution in [2.75, 3.05) is 6.54 Å². The number of nitrogens with zero attached hydrogens (tertiary/aromatic N) is 1. The third kappa shape index (κ3) is 16.2. The van der Waals surface area contributed by atoms with Gasteiger partial charge in [0.25, 0.3) is 0 Å². The van der Waals surface area contributed by atoms with Crippen LogP contribution in [0.5, 0.6) is 0 Å². The van der Waals surface area contributed by atoms with E-state index in [1.54, 1.807) is 62.3 Å². The number of carbonyl (C=O) groups is 4. The Labute approximate surface area is 203 Å². The highest BCUT2D eigenvalue weighted by Gasteiger charge is 2.29. The fourth-order valence-electron chi connectivity index (χ4n) is 2.56. The van der Waals surface area contributed by atoms with E-state index in [0.717, 1.165) is 0 Å². The standard InChI is InChI=1S/C24H43N3O7/c1-22(2,3)32-18(28)14-13-17(20(30)34-24(7,8)9)27-21(31)26-16(12-10-11-15-25)19(29)33-23(4,5)6/h17H,10-15,25H2,1-9H3,(H,27,31). The number of urea groups is 1. The number of amides is 2. The number of nitrogens with two attached hydrogens (primary N) is 1. The average molecular weight is 486 g/mol. The van der Waals surface area contributed by atoms with E-state index in [2.05, 4.69) is 10.3 Å². The summed E-state index contributed by atoms with van der Waals surface area (Å²) in [6.07, 6.45) is 1.19. The number of hydrogen-bond donors (Lipinski definition) is 2. The average Bonchev–Trinajstić information content (AvgIpc) is 2.60. The molecule has 0 bridgehead atoms. The zero-order chi connectivity index (χ0) is 26.7. The Hall–Kier alpha value is -2.49. The molecule has 2 amide bonds. The molecule has 10 nitrogen and oxygen atoms in total. The van der Waals surface area contributed by atoms with Crippen LogP contribution in [0, 0.1) is 0 Å². The molecule has 1 unspecified atom stereocenters. The molecule has 10 heteroatoms. The van der Waals surface area contributed by atoms with Crippen molar-refractivity contribution in [1.82, 2.24) is 5.32 Å². The van der Waals surface area contributed by atoms with Gasteiger partial charge >= 0.3 is 23.9 Å². The van der Waals surface area contributed by atoms with Gasteiger partial charge in [-0.05, 0) is 94.5 Å². The summed E-state index contributed by atoms with van der Waals surface area (Å²) in [7, 11) is 0. The summed E-state index contributed by atoms with van der Waals surface area (Å²) in [4.78, 5) is 53.8. The third-order valence-corrected chi connectivity index (χ3v) is 3.78. The van der Waals surface area contributed by atoms with Crippen molar-refractivity contribution in [1.29, 1.82) is 0 Å². The summed E-state index contributed by atoms with van der Waals surface area (Å²) in [5.74, 6) is -1.96. The van der Waals surface area contributed by atoms with E-state index in [-0.39, 0.29) is 25.0 Å². The fourth-order valence-corrected chi connectivity index (χ4v) is 2.56.